The van der Waals surface area contributed by atoms with Crippen molar-refractivity contribution in [2.45, 2.75) is 25.9 Å². The van der Waals surface area contributed by atoms with Gasteiger partial charge in [-0.05, 0) is 19.2 Å². The van der Waals surface area contributed by atoms with Crippen molar-refractivity contribution >= 4 is 28.9 Å². The van der Waals surface area contributed by atoms with Gasteiger partial charge >= 0.3 is 0 Å². The second kappa shape index (κ2) is 2.61. The highest BCUT2D eigenvalue weighted by atomic mass is 32.1. The molecule has 3 heterocycles. The highest BCUT2D eigenvalue weighted by Gasteiger charge is 2.45. The molecule has 1 aromatic heterocycles. The fourth-order valence-corrected chi connectivity index (χ4v) is 2.65. The first-order valence-corrected chi connectivity index (χ1v) is 5.76. The molecule has 0 radical (unpaired) electrons. The van der Waals surface area contributed by atoms with Crippen molar-refractivity contribution in [3.8, 4) is 0 Å². The molecule has 0 aliphatic carbocycles. The van der Waals surface area contributed by atoms with E-state index in [-0.39, 0.29) is 5.91 Å². The van der Waals surface area contributed by atoms with Gasteiger partial charge in [0.25, 0.3) is 5.91 Å². The fraction of sp³-hybridized carbons (Fsp3) is 0.400. The average molecular weight is 221 g/mol. The van der Waals surface area contributed by atoms with Crippen LogP contribution >= 0.6 is 11.3 Å². The SMILES string of the molecule is CC1(C)C(=O)NC2=Nc3cscc3CN21. The molecule has 1 saturated heterocycles. The van der Waals surface area contributed by atoms with Crippen molar-refractivity contribution < 1.29 is 4.79 Å². The van der Waals surface area contributed by atoms with Crippen molar-refractivity contribution in [1.82, 2.24) is 10.2 Å². The fourth-order valence-electron chi connectivity index (χ4n) is 1.89. The van der Waals surface area contributed by atoms with E-state index in [0.717, 1.165) is 12.2 Å². The molecular formula is C10H11N3OS. The van der Waals surface area contributed by atoms with Crippen LogP contribution in [0.5, 0.6) is 0 Å². The molecule has 0 atom stereocenters. The van der Waals surface area contributed by atoms with E-state index in [2.05, 4.69) is 15.7 Å². The molecule has 0 aromatic carbocycles. The van der Waals surface area contributed by atoms with Crippen molar-refractivity contribution in [2.75, 3.05) is 0 Å². The summed E-state index contributed by atoms with van der Waals surface area (Å²) in [5, 5.41) is 6.92. The second-order valence-corrected chi connectivity index (χ2v) is 5.06. The van der Waals surface area contributed by atoms with E-state index >= 15 is 0 Å². The normalized spacial score (nSPS) is 21.9. The van der Waals surface area contributed by atoms with Crippen LogP contribution in [0.2, 0.25) is 0 Å². The minimum Gasteiger partial charge on any atom is -0.324 e. The summed E-state index contributed by atoms with van der Waals surface area (Å²) in [6.45, 7) is 4.60. The first-order chi connectivity index (χ1) is 7.09. The Bertz CT molecular complexity index is 475. The van der Waals surface area contributed by atoms with Gasteiger partial charge in [-0.3, -0.25) is 10.1 Å². The Kier molecular flexibility index (Phi) is 1.55. The van der Waals surface area contributed by atoms with E-state index in [0.29, 0.717) is 5.96 Å². The van der Waals surface area contributed by atoms with E-state index in [1.54, 1.807) is 11.3 Å². The van der Waals surface area contributed by atoms with Gasteiger partial charge in [0.2, 0.25) is 5.96 Å². The van der Waals surface area contributed by atoms with Gasteiger partial charge in [0, 0.05) is 17.5 Å². The molecule has 15 heavy (non-hydrogen) atoms. The van der Waals surface area contributed by atoms with Crippen LogP contribution in [0.1, 0.15) is 19.4 Å². The Morgan fingerprint density at radius 2 is 2.33 bits per heavy atom. The summed E-state index contributed by atoms with van der Waals surface area (Å²) in [7, 11) is 0. The molecule has 0 bridgehead atoms. The van der Waals surface area contributed by atoms with Crippen LogP contribution in [0.3, 0.4) is 0 Å². The summed E-state index contributed by atoms with van der Waals surface area (Å²) in [6.07, 6.45) is 0. The summed E-state index contributed by atoms with van der Waals surface area (Å²) in [5.41, 5.74) is 1.70. The van der Waals surface area contributed by atoms with Crippen LogP contribution in [-0.2, 0) is 11.3 Å². The zero-order valence-corrected chi connectivity index (χ0v) is 9.39. The maximum absolute atomic E-state index is 11.7. The first kappa shape index (κ1) is 8.91. The molecule has 2 aliphatic rings. The molecule has 78 valence electrons. The Balaban J connectivity index is 2.10. The van der Waals surface area contributed by atoms with E-state index in [1.165, 1.54) is 5.56 Å². The van der Waals surface area contributed by atoms with Crippen molar-refractivity contribution in [2.24, 2.45) is 4.99 Å². The lowest BCUT2D eigenvalue weighted by atomic mass is 10.0. The molecule has 0 saturated carbocycles. The third-order valence-electron chi connectivity index (χ3n) is 2.99. The topological polar surface area (TPSA) is 44.7 Å². The molecule has 0 spiro atoms. The Labute approximate surface area is 91.6 Å². The number of carbonyl (C=O) groups excluding carboxylic acids is 1. The largest absolute Gasteiger partial charge is 0.324 e. The Morgan fingerprint density at radius 1 is 1.53 bits per heavy atom. The van der Waals surface area contributed by atoms with Crippen LogP contribution < -0.4 is 5.32 Å². The molecule has 1 aromatic rings. The number of rotatable bonds is 0. The van der Waals surface area contributed by atoms with Crippen LogP contribution in [0.25, 0.3) is 0 Å². The van der Waals surface area contributed by atoms with Crippen LogP contribution in [0.4, 0.5) is 5.69 Å². The number of carbonyl (C=O) groups is 1. The number of aliphatic imine (C=N–C) groups is 1. The second-order valence-electron chi connectivity index (χ2n) is 4.32. The number of hydrogen-bond acceptors (Lipinski definition) is 4. The predicted molar refractivity (Wildman–Crippen MR) is 59.2 cm³/mol. The number of amides is 1. The van der Waals surface area contributed by atoms with Gasteiger partial charge < -0.3 is 4.90 Å². The van der Waals surface area contributed by atoms with Crippen LogP contribution in [0.15, 0.2) is 15.8 Å². The highest BCUT2D eigenvalue weighted by Crippen LogP contribution is 2.34. The minimum atomic E-state index is -0.488. The lowest BCUT2D eigenvalue weighted by molar-refractivity contribution is -0.125. The predicted octanol–water partition coefficient (Wildman–Crippen LogP) is 1.46. The Hall–Kier alpha value is -1.36. The molecule has 4 nitrogen and oxygen atoms in total. The van der Waals surface area contributed by atoms with Crippen LogP contribution in [-0.4, -0.2) is 22.3 Å². The summed E-state index contributed by atoms with van der Waals surface area (Å²) < 4.78 is 0. The van der Waals surface area contributed by atoms with E-state index in [1.807, 2.05) is 24.1 Å². The smallest absolute Gasteiger partial charge is 0.252 e. The molecule has 0 unspecified atom stereocenters. The van der Waals surface area contributed by atoms with Gasteiger partial charge in [0.05, 0.1) is 5.69 Å². The molecule has 2 aliphatic heterocycles. The van der Waals surface area contributed by atoms with Crippen molar-refractivity contribution in [1.29, 1.82) is 0 Å². The van der Waals surface area contributed by atoms with E-state index in [9.17, 15) is 4.79 Å². The van der Waals surface area contributed by atoms with Gasteiger partial charge in [-0.2, -0.15) is 0 Å². The monoisotopic (exact) mass is 221 g/mol. The van der Waals surface area contributed by atoms with Gasteiger partial charge in [-0.1, -0.05) is 0 Å². The van der Waals surface area contributed by atoms with Gasteiger partial charge in [-0.15, -0.1) is 11.3 Å². The standard InChI is InChI=1S/C10H11N3OS/c1-10(2)8(14)12-9-11-7-5-15-4-6(7)3-13(9)10/h4-5H,3H2,1-2H3,(H,11,12,14). The molecule has 5 heteroatoms. The average Bonchev–Trinajstić information content (AvgIpc) is 2.69. The zero-order valence-electron chi connectivity index (χ0n) is 8.57. The molecule has 3 rings (SSSR count). The number of fused-ring (bicyclic) bond motifs is 2. The van der Waals surface area contributed by atoms with Crippen molar-refractivity contribution in [3.63, 3.8) is 0 Å². The lowest BCUT2D eigenvalue weighted by Crippen LogP contribution is -2.44. The number of nitrogens with zero attached hydrogens (tertiary/aromatic N) is 2. The van der Waals surface area contributed by atoms with Gasteiger partial charge in [0.1, 0.15) is 5.54 Å². The molecule has 1 N–H and O–H groups in total. The zero-order chi connectivity index (χ0) is 10.6. The highest BCUT2D eigenvalue weighted by molar-refractivity contribution is 7.08. The maximum atomic E-state index is 11.7. The maximum Gasteiger partial charge on any atom is 0.252 e. The van der Waals surface area contributed by atoms with Gasteiger partial charge in [-0.25, -0.2) is 4.99 Å². The van der Waals surface area contributed by atoms with Crippen LogP contribution in [0, 0.1) is 0 Å². The molecule has 1 amide bonds. The van der Waals surface area contributed by atoms with Crippen molar-refractivity contribution in [3.05, 3.63) is 16.3 Å². The number of nitrogens with one attached hydrogen (secondary N) is 1. The summed E-state index contributed by atoms with van der Waals surface area (Å²) in [5.74, 6) is 0.714. The number of guanidine groups is 1. The summed E-state index contributed by atoms with van der Waals surface area (Å²) in [6, 6.07) is 0. The van der Waals surface area contributed by atoms with Gasteiger partial charge in [0.15, 0.2) is 0 Å². The molecule has 1 fully saturated rings. The lowest BCUT2D eigenvalue weighted by Gasteiger charge is -2.31. The Morgan fingerprint density at radius 3 is 3.13 bits per heavy atom. The third-order valence-corrected chi connectivity index (χ3v) is 3.77. The molecular weight excluding hydrogens is 210 g/mol. The van der Waals surface area contributed by atoms with E-state index in [4.69, 9.17) is 0 Å². The quantitative estimate of drug-likeness (QED) is 0.721. The third kappa shape index (κ3) is 1.07. The summed E-state index contributed by atoms with van der Waals surface area (Å²) in [4.78, 5) is 18.2. The minimum absolute atomic E-state index is 0.0232. The van der Waals surface area contributed by atoms with E-state index < -0.39 is 5.54 Å². The number of hydrogen-bond donors (Lipinski definition) is 1. The number of thiophene rings is 1. The summed E-state index contributed by atoms with van der Waals surface area (Å²) >= 11 is 1.65. The first-order valence-electron chi connectivity index (χ1n) is 4.82.